The molecule has 172 valence electrons. The number of pyridine rings is 1. The molecule has 2 aromatic heterocycles. The molecule has 0 fully saturated rings. The van der Waals surface area contributed by atoms with Gasteiger partial charge in [-0.15, -0.1) is 0 Å². The van der Waals surface area contributed by atoms with Crippen LogP contribution in [-0.4, -0.2) is 38.0 Å². The number of Topliss-reactive ketones (excluding diaryl/α,β-unsaturated/α-hetero) is 1. The predicted octanol–water partition coefficient (Wildman–Crippen LogP) is 4.02. The first kappa shape index (κ1) is 23.1. The Morgan fingerprint density at radius 1 is 1.12 bits per heavy atom. The molecule has 0 saturated carbocycles. The zero-order valence-corrected chi connectivity index (χ0v) is 19.0. The number of ether oxygens (including phenoxy) is 1. The smallest absolute Gasteiger partial charge is 0.335 e. The summed E-state index contributed by atoms with van der Waals surface area (Å²) >= 11 is 6.17. The Labute approximate surface area is 199 Å². The van der Waals surface area contributed by atoms with Gasteiger partial charge in [0.25, 0.3) is 5.56 Å². The highest BCUT2D eigenvalue weighted by atomic mass is 35.5. The van der Waals surface area contributed by atoms with Crippen molar-refractivity contribution in [3.63, 3.8) is 0 Å². The number of rotatable bonds is 8. The van der Waals surface area contributed by atoms with Crippen molar-refractivity contribution in [1.29, 1.82) is 0 Å². The SMILES string of the molecule is CC(=O)Cc1cc2c(=O)n(CCOc3ccc(Cl)cc3-c3cccc(C(=O)O)c3)cnc2cn1. The Balaban J connectivity index is 1.56. The van der Waals surface area contributed by atoms with Crippen molar-refractivity contribution in [2.75, 3.05) is 6.61 Å². The maximum atomic E-state index is 12.9. The predicted molar refractivity (Wildman–Crippen MR) is 128 cm³/mol. The molecular weight excluding hydrogens is 458 g/mol. The summed E-state index contributed by atoms with van der Waals surface area (Å²) < 4.78 is 7.37. The van der Waals surface area contributed by atoms with Crippen LogP contribution in [0.1, 0.15) is 23.0 Å². The molecule has 0 amide bonds. The number of carbonyl (C=O) groups excluding carboxylic acids is 1. The number of ketones is 1. The molecule has 0 aliphatic heterocycles. The van der Waals surface area contributed by atoms with Crippen LogP contribution in [0.4, 0.5) is 0 Å². The van der Waals surface area contributed by atoms with Gasteiger partial charge in [-0.25, -0.2) is 9.78 Å². The number of carboxylic acid groups (broad SMARTS) is 1. The highest BCUT2D eigenvalue weighted by Gasteiger charge is 2.12. The molecule has 4 aromatic rings. The van der Waals surface area contributed by atoms with Crippen LogP contribution < -0.4 is 10.3 Å². The van der Waals surface area contributed by atoms with Crippen molar-refractivity contribution in [2.24, 2.45) is 0 Å². The first-order valence-corrected chi connectivity index (χ1v) is 10.8. The largest absolute Gasteiger partial charge is 0.491 e. The van der Waals surface area contributed by atoms with Crippen molar-refractivity contribution in [3.05, 3.63) is 87.7 Å². The Bertz CT molecular complexity index is 1460. The molecule has 34 heavy (non-hydrogen) atoms. The average molecular weight is 478 g/mol. The number of fused-ring (bicyclic) bond motifs is 1. The standard InChI is InChI=1S/C25H20ClN3O5/c1-15(30)9-19-12-21-22(13-27-19)28-14-29(24(21)31)7-8-34-23-6-5-18(26)11-20(23)16-3-2-4-17(10-16)25(32)33/h2-6,10-14H,7-9H2,1H3,(H,32,33). The van der Waals surface area contributed by atoms with Gasteiger partial charge in [-0.05, 0) is 48.9 Å². The number of halogens is 1. The summed E-state index contributed by atoms with van der Waals surface area (Å²) in [6.45, 7) is 1.85. The summed E-state index contributed by atoms with van der Waals surface area (Å²) in [5.41, 5.74) is 2.14. The van der Waals surface area contributed by atoms with Crippen LogP contribution in [0.25, 0.3) is 22.0 Å². The molecule has 8 nitrogen and oxygen atoms in total. The molecule has 1 N–H and O–H groups in total. The molecule has 0 saturated heterocycles. The number of aromatic nitrogens is 3. The van der Waals surface area contributed by atoms with Crippen LogP contribution in [0.2, 0.25) is 5.02 Å². The fourth-order valence-electron chi connectivity index (χ4n) is 3.54. The van der Waals surface area contributed by atoms with Crippen molar-refractivity contribution < 1.29 is 19.4 Å². The summed E-state index contributed by atoms with van der Waals surface area (Å²) in [5, 5.41) is 10.2. The molecule has 0 aliphatic rings. The number of benzene rings is 2. The second kappa shape index (κ2) is 9.84. The molecule has 0 spiro atoms. The summed E-state index contributed by atoms with van der Waals surface area (Å²) in [7, 11) is 0. The number of carboxylic acids is 1. The zero-order chi connectivity index (χ0) is 24.2. The molecule has 0 atom stereocenters. The van der Waals surface area contributed by atoms with Gasteiger partial charge in [0.1, 0.15) is 18.1 Å². The van der Waals surface area contributed by atoms with Crippen molar-refractivity contribution >= 4 is 34.3 Å². The maximum absolute atomic E-state index is 12.9. The van der Waals surface area contributed by atoms with Gasteiger partial charge in [-0.3, -0.25) is 19.1 Å². The molecular formula is C25H20ClN3O5. The number of nitrogens with zero attached hydrogens (tertiary/aromatic N) is 3. The topological polar surface area (TPSA) is 111 Å². The van der Waals surface area contributed by atoms with Gasteiger partial charge < -0.3 is 9.84 Å². The van der Waals surface area contributed by atoms with Gasteiger partial charge in [0.05, 0.1) is 35.5 Å². The van der Waals surface area contributed by atoms with E-state index in [0.29, 0.717) is 38.5 Å². The number of aromatic carboxylic acids is 1. The normalized spacial score (nSPS) is 10.9. The van der Waals surface area contributed by atoms with Crippen molar-refractivity contribution in [3.8, 4) is 16.9 Å². The molecule has 0 unspecified atom stereocenters. The highest BCUT2D eigenvalue weighted by Crippen LogP contribution is 2.33. The third-order valence-corrected chi connectivity index (χ3v) is 5.38. The quantitative estimate of drug-likeness (QED) is 0.408. The molecule has 2 aromatic carbocycles. The van der Waals surface area contributed by atoms with Gasteiger partial charge in [0, 0.05) is 22.7 Å². The first-order valence-electron chi connectivity index (χ1n) is 10.4. The average Bonchev–Trinajstić information content (AvgIpc) is 2.81. The van der Waals surface area contributed by atoms with Crippen LogP contribution in [0, 0.1) is 0 Å². The van der Waals surface area contributed by atoms with Crippen LogP contribution in [0.15, 0.2) is 65.8 Å². The minimum absolute atomic E-state index is 0.0443. The van der Waals surface area contributed by atoms with Gasteiger partial charge in [0.2, 0.25) is 0 Å². The Hall–Kier alpha value is -4.04. The zero-order valence-electron chi connectivity index (χ0n) is 18.2. The highest BCUT2D eigenvalue weighted by molar-refractivity contribution is 6.31. The van der Waals surface area contributed by atoms with E-state index in [-0.39, 0.29) is 36.5 Å². The first-order chi connectivity index (χ1) is 16.3. The van der Waals surface area contributed by atoms with E-state index in [2.05, 4.69) is 9.97 Å². The lowest BCUT2D eigenvalue weighted by atomic mass is 10.0. The van der Waals surface area contributed by atoms with E-state index in [9.17, 15) is 19.5 Å². The van der Waals surface area contributed by atoms with Gasteiger partial charge in [-0.1, -0.05) is 23.7 Å². The van der Waals surface area contributed by atoms with E-state index < -0.39 is 5.97 Å². The fraction of sp³-hybridized carbons (Fsp3) is 0.160. The van der Waals surface area contributed by atoms with E-state index in [4.69, 9.17) is 16.3 Å². The summed E-state index contributed by atoms with van der Waals surface area (Å²) in [6.07, 6.45) is 3.07. The Morgan fingerprint density at radius 2 is 1.94 bits per heavy atom. The van der Waals surface area contributed by atoms with Crippen molar-refractivity contribution in [2.45, 2.75) is 19.9 Å². The minimum Gasteiger partial charge on any atom is -0.491 e. The van der Waals surface area contributed by atoms with Crippen LogP contribution >= 0.6 is 11.6 Å². The van der Waals surface area contributed by atoms with Crippen LogP contribution in [0.3, 0.4) is 0 Å². The summed E-state index contributed by atoms with van der Waals surface area (Å²) in [5.74, 6) is -0.574. The Morgan fingerprint density at radius 3 is 2.71 bits per heavy atom. The molecule has 0 radical (unpaired) electrons. The van der Waals surface area contributed by atoms with Crippen molar-refractivity contribution in [1.82, 2.24) is 14.5 Å². The lowest BCUT2D eigenvalue weighted by Gasteiger charge is -2.14. The van der Waals surface area contributed by atoms with E-state index in [1.807, 2.05) is 0 Å². The molecule has 0 aliphatic carbocycles. The molecule has 0 bridgehead atoms. The van der Waals surface area contributed by atoms with E-state index in [0.717, 1.165) is 0 Å². The lowest BCUT2D eigenvalue weighted by molar-refractivity contribution is -0.116. The maximum Gasteiger partial charge on any atom is 0.335 e. The number of hydrogen-bond acceptors (Lipinski definition) is 6. The third-order valence-electron chi connectivity index (χ3n) is 5.15. The van der Waals surface area contributed by atoms with Gasteiger partial charge >= 0.3 is 5.97 Å². The third kappa shape index (κ3) is 5.13. The van der Waals surface area contributed by atoms with Gasteiger partial charge in [-0.2, -0.15) is 0 Å². The van der Waals surface area contributed by atoms with Gasteiger partial charge in [0.15, 0.2) is 0 Å². The molecule has 2 heterocycles. The lowest BCUT2D eigenvalue weighted by Crippen LogP contribution is -2.24. The molecule has 9 heteroatoms. The molecule has 4 rings (SSSR count). The minimum atomic E-state index is -1.03. The number of hydrogen-bond donors (Lipinski definition) is 1. The number of carbonyl (C=O) groups is 2. The van der Waals surface area contributed by atoms with E-state index >= 15 is 0 Å². The monoisotopic (exact) mass is 477 g/mol. The second-order valence-electron chi connectivity index (χ2n) is 7.69. The van der Waals surface area contributed by atoms with Crippen LogP contribution in [0.5, 0.6) is 5.75 Å². The van der Waals surface area contributed by atoms with E-state index in [1.165, 1.54) is 30.1 Å². The van der Waals surface area contributed by atoms with Crippen LogP contribution in [-0.2, 0) is 17.8 Å². The fourth-order valence-corrected chi connectivity index (χ4v) is 3.72. The summed E-state index contributed by atoms with van der Waals surface area (Å²) in [4.78, 5) is 44.1. The van der Waals surface area contributed by atoms with E-state index in [1.54, 1.807) is 42.5 Å². The second-order valence-corrected chi connectivity index (χ2v) is 8.13. The Kier molecular flexibility index (Phi) is 6.70. The summed E-state index contributed by atoms with van der Waals surface area (Å²) in [6, 6.07) is 13.1.